The normalized spacial score (nSPS) is 13.2. The van der Waals surface area contributed by atoms with Gasteiger partial charge in [0, 0.05) is 0 Å². The van der Waals surface area contributed by atoms with E-state index in [0.29, 0.717) is 0 Å². The van der Waals surface area contributed by atoms with Crippen molar-refractivity contribution in [1.82, 2.24) is 0 Å². The van der Waals surface area contributed by atoms with Gasteiger partial charge in [0.05, 0.1) is 6.42 Å². The third-order valence-electron chi connectivity index (χ3n) is 0.828. The van der Waals surface area contributed by atoms with Gasteiger partial charge in [0.15, 0.2) is 0 Å². The van der Waals surface area contributed by atoms with Gasteiger partial charge in [-0.15, -0.1) is 0 Å². The van der Waals surface area contributed by atoms with Crippen molar-refractivity contribution in [2.24, 2.45) is 0 Å². The molecule has 0 fully saturated rings. The fraction of sp³-hybridized carbons (Fsp3) is 0.571. The van der Waals surface area contributed by atoms with E-state index in [1.165, 1.54) is 13.0 Å². The highest BCUT2D eigenvalue weighted by Gasteiger charge is 2.30. The minimum Gasteiger partial charge on any atom is -0.450 e. The van der Waals surface area contributed by atoms with Crippen molar-refractivity contribution in [3.8, 4) is 0 Å². The van der Waals surface area contributed by atoms with Crippen LogP contribution in [0.1, 0.15) is 13.3 Å². The first-order valence-corrected chi connectivity index (χ1v) is 3.44. The Hall–Kier alpha value is -1.27. The van der Waals surface area contributed by atoms with Gasteiger partial charge in [0.1, 0.15) is 6.17 Å². The standard InChI is InChI=1S/C6H8F4.CH2O3/c1-2-3-5(7)4-6(8,9)10;2-1(3)4/h2-3,5H,4H2,1H3;(H2,2,3,4). The Morgan fingerprint density at radius 2 is 1.79 bits per heavy atom. The van der Waals surface area contributed by atoms with Gasteiger partial charge in [-0.1, -0.05) is 12.2 Å². The zero-order chi connectivity index (χ0) is 11.8. The number of hydrogen-bond acceptors (Lipinski definition) is 1. The van der Waals surface area contributed by atoms with E-state index >= 15 is 0 Å². The maximum Gasteiger partial charge on any atom is 0.503 e. The first-order chi connectivity index (χ1) is 6.19. The molecule has 2 N–H and O–H groups in total. The Morgan fingerprint density at radius 1 is 1.43 bits per heavy atom. The Morgan fingerprint density at radius 3 is 2.00 bits per heavy atom. The van der Waals surface area contributed by atoms with Crippen molar-refractivity contribution in [2.75, 3.05) is 0 Å². The van der Waals surface area contributed by atoms with Crippen molar-refractivity contribution >= 4 is 6.16 Å². The van der Waals surface area contributed by atoms with E-state index in [1.807, 2.05) is 0 Å². The largest absolute Gasteiger partial charge is 0.503 e. The quantitative estimate of drug-likeness (QED) is 0.553. The minimum atomic E-state index is -4.40. The lowest BCUT2D eigenvalue weighted by Crippen LogP contribution is -2.13. The smallest absolute Gasteiger partial charge is 0.450 e. The van der Waals surface area contributed by atoms with Gasteiger partial charge in [0.2, 0.25) is 0 Å². The van der Waals surface area contributed by atoms with E-state index in [4.69, 9.17) is 15.0 Å². The second kappa shape index (κ2) is 7.16. The molecule has 0 aliphatic rings. The lowest BCUT2D eigenvalue weighted by molar-refractivity contribution is -0.142. The van der Waals surface area contributed by atoms with Crippen LogP contribution >= 0.6 is 0 Å². The fourth-order valence-corrected chi connectivity index (χ4v) is 0.498. The molecule has 0 aliphatic carbocycles. The number of carbonyl (C=O) groups is 1. The van der Waals surface area contributed by atoms with Crippen molar-refractivity contribution < 1.29 is 32.6 Å². The summed E-state index contributed by atoms with van der Waals surface area (Å²) in [6.07, 6.45) is -7.38. The summed E-state index contributed by atoms with van der Waals surface area (Å²) in [6, 6.07) is 0. The first-order valence-electron chi connectivity index (χ1n) is 3.44. The van der Waals surface area contributed by atoms with Gasteiger partial charge in [-0.25, -0.2) is 9.18 Å². The molecule has 0 aromatic carbocycles. The molecule has 0 amide bonds. The fourth-order valence-electron chi connectivity index (χ4n) is 0.498. The third-order valence-corrected chi connectivity index (χ3v) is 0.828. The Balaban J connectivity index is 0. The van der Waals surface area contributed by atoms with E-state index in [-0.39, 0.29) is 0 Å². The highest BCUT2D eigenvalue weighted by molar-refractivity contribution is 5.53. The van der Waals surface area contributed by atoms with Crippen LogP contribution in [0.2, 0.25) is 0 Å². The van der Waals surface area contributed by atoms with Crippen LogP contribution in [0.4, 0.5) is 22.4 Å². The van der Waals surface area contributed by atoms with E-state index < -0.39 is 24.9 Å². The Kier molecular flexibility index (Phi) is 7.78. The maximum atomic E-state index is 12.1. The predicted molar refractivity (Wildman–Crippen MR) is 41.0 cm³/mol. The molecule has 0 radical (unpaired) electrons. The summed E-state index contributed by atoms with van der Waals surface area (Å²) < 4.78 is 46.2. The van der Waals surface area contributed by atoms with Crippen LogP contribution in [-0.4, -0.2) is 28.7 Å². The van der Waals surface area contributed by atoms with E-state index in [1.54, 1.807) is 0 Å². The van der Waals surface area contributed by atoms with Gasteiger partial charge in [-0.3, -0.25) is 0 Å². The summed E-state index contributed by atoms with van der Waals surface area (Å²) in [6.45, 7) is 1.48. The van der Waals surface area contributed by atoms with Crippen LogP contribution in [-0.2, 0) is 0 Å². The van der Waals surface area contributed by atoms with Crippen LogP contribution in [0.15, 0.2) is 12.2 Å². The van der Waals surface area contributed by atoms with Gasteiger partial charge < -0.3 is 10.2 Å². The van der Waals surface area contributed by atoms with Gasteiger partial charge >= 0.3 is 12.3 Å². The molecule has 0 heterocycles. The minimum absolute atomic E-state index is 0.882. The highest BCUT2D eigenvalue weighted by Crippen LogP contribution is 2.23. The maximum absolute atomic E-state index is 12.1. The lowest BCUT2D eigenvalue weighted by Gasteiger charge is -2.06. The van der Waals surface area contributed by atoms with Crippen LogP contribution in [0.3, 0.4) is 0 Å². The number of carboxylic acid groups (broad SMARTS) is 2. The van der Waals surface area contributed by atoms with Crippen LogP contribution < -0.4 is 0 Å². The molecule has 0 bridgehead atoms. The summed E-state index contributed by atoms with van der Waals surface area (Å²) >= 11 is 0. The molecule has 3 nitrogen and oxygen atoms in total. The van der Waals surface area contributed by atoms with Crippen molar-refractivity contribution in [2.45, 2.75) is 25.7 Å². The molecular formula is C7H10F4O3. The van der Waals surface area contributed by atoms with E-state index in [2.05, 4.69) is 0 Å². The van der Waals surface area contributed by atoms with Crippen LogP contribution in [0.25, 0.3) is 0 Å². The van der Waals surface area contributed by atoms with Gasteiger partial charge in [0.25, 0.3) is 0 Å². The summed E-state index contributed by atoms with van der Waals surface area (Å²) in [5, 5.41) is 13.9. The van der Waals surface area contributed by atoms with Crippen molar-refractivity contribution in [1.29, 1.82) is 0 Å². The summed E-state index contributed by atoms with van der Waals surface area (Å²) in [5.41, 5.74) is 0. The summed E-state index contributed by atoms with van der Waals surface area (Å²) in [4.78, 5) is 8.56. The van der Waals surface area contributed by atoms with E-state index in [0.717, 1.165) is 6.08 Å². The molecule has 1 unspecified atom stereocenters. The molecule has 0 spiro atoms. The average molecular weight is 218 g/mol. The highest BCUT2D eigenvalue weighted by atomic mass is 19.4. The molecule has 0 rings (SSSR count). The number of rotatable bonds is 2. The Labute approximate surface area is 77.7 Å². The van der Waals surface area contributed by atoms with Crippen molar-refractivity contribution in [3.63, 3.8) is 0 Å². The second-order valence-electron chi connectivity index (χ2n) is 2.14. The van der Waals surface area contributed by atoms with E-state index in [9.17, 15) is 17.6 Å². The monoisotopic (exact) mass is 218 g/mol. The molecular weight excluding hydrogens is 208 g/mol. The predicted octanol–water partition coefficient (Wildman–Crippen LogP) is 3.08. The number of halogens is 4. The molecule has 0 aliphatic heterocycles. The lowest BCUT2D eigenvalue weighted by atomic mass is 10.2. The number of hydrogen-bond donors (Lipinski definition) is 2. The molecule has 0 aromatic heterocycles. The zero-order valence-corrected chi connectivity index (χ0v) is 7.25. The number of allylic oxidation sites excluding steroid dienone is 2. The molecule has 84 valence electrons. The molecule has 0 saturated heterocycles. The first kappa shape index (κ1) is 15.2. The summed E-state index contributed by atoms with van der Waals surface area (Å²) in [5.74, 6) is 0. The molecule has 0 aromatic rings. The number of alkyl halides is 4. The van der Waals surface area contributed by atoms with Gasteiger partial charge in [-0.2, -0.15) is 13.2 Å². The molecule has 14 heavy (non-hydrogen) atoms. The molecule has 1 atom stereocenters. The molecule has 7 heteroatoms. The SMILES string of the molecule is CC=CC(F)CC(F)(F)F.O=C(O)O. The van der Waals surface area contributed by atoms with Gasteiger partial charge in [-0.05, 0) is 6.92 Å². The second-order valence-corrected chi connectivity index (χ2v) is 2.14. The van der Waals surface area contributed by atoms with Crippen LogP contribution in [0, 0.1) is 0 Å². The van der Waals surface area contributed by atoms with Crippen LogP contribution in [0.5, 0.6) is 0 Å². The summed E-state index contributed by atoms with van der Waals surface area (Å²) in [7, 11) is 0. The molecule has 0 saturated carbocycles. The Bertz CT molecular complexity index is 184. The zero-order valence-electron chi connectivity index (χ0n) is 7.25. The van der Waals surface area contributed by atoms with Crippen molar-refractivity contribution in [3.05, 3.63) is 12.2 Å². The average Bonchev–Trinajstić information content (AvgIpc) is 1.80. The topological polar surface area (TPSA) is 57.5 Å². The third kappa shape index (κ3) is 22.4.